The zero-order valence-corrected chi connectivity index (χ0v) is 7.49. The molecule has 0 aromatic rings. The van der Waals surface area contributed by atoms with Gasteiger partial charge in [-0.25, -0.2) is 0 Å². The van der Waals surface area contributed by atoms with Crippen LogP contribution in [0.4, 0.5) is 0 Å². The summed E-state index contributed by atoms with van der Waals surface area (Å²) in [5, 5.41) is 18.2. The lowest BCUT2D eigenvalue weighted by Crippen LogP contribution is -2.26. The molecule has 2 heteroatoms. The summed E-state index contributed by atoms with van der Waals surface area (Å²) in [5.74, 6) is 0.0864. The Labute approximate surface area is 68.6 Å². The van der Waals surface area contributed by atoms with Crippen molar-refractivity contribution in [3.05, 3.63) is 12.2 Å². The number of aliphatic hydroxyl groups is 2. The fraction of sp³-hybridized carbons (Fsp3) is 0.778. The van der Waals surface area contributed by atoms with Crippen LogP contribution in [0.1, 0.15) is 20.8 Å². The summed E-state index contributed by atoms with van der Waals surface area (Å²) in [6, 6.07) is 0. The van der Waals surface area contributed by atoms with E-state index >= 15 is 0 Å². The monoisotopic (exact) mass is 158 g/mol. The van der Waals surface area contributed by atoms with Crippen LogP contribution in [0.2, 0.25) is 0 Å². The molecule has 0 fully saturated rings. The molecule has 2 N–H and O–H groups in total. The van der Waals surface area contributed by atoms with E-state index in [0.717, 1.165) is 0 Å². The van der Waals surface area contributed by atoms with Crippen LogP contribution < -0.4 is 0 Å². The van der Waals surface area contributed by atoms with Crippen molar-refractivity contribution in [1.82, 2.24) is 0 Å². The predicted molar refractivity (Wildman–Crippen MR) is 46.2 cm³/mol. The minimum atomic E-state index is -0.434. The molecular formula is C9H18O2. The molecule has 0 rings (SSSR count). The summed E-state index contributed by atoms with van der Waals surface area (Å²) < 4.78 is 0. The Kier molecular flexibility index (Phi) is 5.16. The first-order chi connectivity index (χ1) is 5.13. The molecule has 0 aromatic heterocycles. The summed E-state index contributed by atoms with van der Waals surface area (Å²) in [6.07, 6.45) is 3.42. The first-order valence-electron chi connectivity index (χ1n) is 4.05. The maximum absolute atomic E-state index is 9.51. The molecule has 0 saturated carbocycles. The quantitative estimate of drug-likeness (QED) is 0.603. The Morgan fingerprint density at radius 3 is 2.27 bits per heavy atom. The highest BCUT2D eigenvalue weighted by molar-refractivity contribution is 4.88. The highest BCUT2D eigenvalue weighted by Gasteiger charge is 2.17. The fourth-order valence-corrected chi connectivity index (χ4v) is 1.04. The average molecular weight is 158 g/mol. The smallest absolute Gasteiger partial charge is 0.0647 e. The van der Waals surface area contributed by atoms with Gasteiger partial charge in [0.1, 0.15) is 0 Å². The van der Waals surface area contributed by atoms with E-state index in [-0.39, 0.29) is 18.4 Å². The van der Waals surface area contributed by atoms with Crippen molar-refractivity contribution in [3.63, 3.8) is 0 Å². The molecule has 0 heterocycles. The van der Waals surface area contributed by atoms with E-state index in [1.54, 1.807) is 0 Å². The van der Waals surface area contributed by atoms with Crippen molar-refractivity contribution in [1.29, 1.82) is 0 Å². The van der Waals surface area contributed by atoms with E-state index in [0.29, 0.717) is 0 Å². The second kappa shape index (κ2) is 5.33. The highest BCUT2D eigenvalue weighted by atomic mass is 16.3. The van der Waals surface area contributed by atoms with Crippen LogP contribution in [0.25, 0.3) is 0 Å². The van der Waals surface area contributed by atoms with E-state index < -0.39 is 6.10 Å². The summed E-state index contributed by atoms with van der Waals surface area (Å²) in [7, 11) is 0. The van der Waals surface area contributed by atoms with Crippen molar-refractivity contribution in [3.8, 4) is 0 Å². The van der Waals surface area contributed by atoms with Gasteiger partial charge >= 0.3 is 0 Å². The first kappa shape index (κ1) is 10.7. The molecule has 0 amide bonds. The molecule has 0 aliphatic rings. The SMILES string of the molecule is C/C=C\[C@@H](C)[C@@H](O)[C@H](C)CO. The van der Waals surface area contributed by atoms with Gasteiger partial charge in [-0.3, -0.25) is 0 Å². The van der Waals surface area contributed by atoms with Crippen molar-refractivity contribution in [2.45, 2.75) is 26.9 Å². The van der Waals surface area contributed by atoms with Gasteiger partial charge in [0.05, 0.1) is 6.10 Å². The van der Waals surface area contributed by atoms with E-state index in [4.69, 9.17) is 5.11 Å². The number of aliphatic hydroxyl groups excluding tert-OH is 2. The lowest BCUT2D eigenvalue weighted by atomic mass is 9.94. The fourth-order valence-electron chi connectivity index (χ4n) is 1.04. The molecule has 2 nitrogen and oxygen atoms in total. The van der Waals surface area contributed by atoms with Gasteiger partial charge < -0.3 is 10.2 Å². The lowest BCUT2D eigenvalue weighted by Gasteiger charge is -2.20. The number of hydrogen-bond acceptors (Lipinski definition) is 2. The summed E-state index contributed by atoms with van der Waals surface area (Å²) in [5.41, 5.74) is 0. The Morgan fingerprint density at radius 2 is 1.91 bits per heavy atom. The Bertz CT molecular complexity index is 121. The van der Waals surface area contributed by atoms with Crippen LogP contribution in [0.5, 0.6) is 0 Å². The van der Waals surface area contributed by atoms with Crippen LogP contribution in [0.3, 0.4) is 0 Å². The number of hydrogen-bond donors (Lipinski definition) is 2. The van der Waals surface area contributed by atoms with Gasteiger partial charge in [-0.1, -0.05) is 26.0 Å². The van der Waals surface area contributed by atoms with E-state index in [2.05, 4.69) is 0 Å². The van der Waals surface area contributed by atoms with E-state index in [1.165, 1.54) is 0 Å². The Morgan fingerprint density at radius 1 is 1.36 bits per heavy atom. The third-order valence-electron chi connectivity index (χ3n) is 1.91. The van der Waals surface area contributed by atoms with Gasteiger partial charge in [0.15, 0.2) is 0 Å². The standard InChI is InChI=1S/C9H18O2/c1-4-5-7(2)9(11)8(3)6-10/h4-5,7-11H,6H2,1-3H3/b5-4-/t7-,8-,9-/m1/s1. The van der Waals surface area contributed by atoms with Gasteiger partial charge in [-0.15, -0.1) is 0 Å². The molecule has 0 spiro atoms. The molecule has 11 heavy (non-hydrogen) atoms. The molecule has 0 unspecified atom stereocenters. The zero-order valence-electron chi connectivity index (χ0n) is 7.49. The van der Waals surface area contributed by atoms with Gasteiger partial charge in [-0.2, -0.15) is 0 Å². The minimum absolute atomic E-state index is 0.0406. The maximum atomic E-state index is 9.51. The number of allylic oxidation sites excluding steroid dienone is 1. The van der Waals surface area contributed by atoms with Crippen LogP contribution in [-0.2, 0) is 0 Å². The molecule has 0 radical (unpaired) electrons. The lowest BCUT2D eigenvalue weighted by molar-refractivity contribution is 0.0512. The van der Waals surface area contributed by atoms with E-state index in [9.17, 15) is 5.11 Å². The highest BCUT2D eigenvalue weighted by Crippen LogP contribution is 2.13. The summed E-state index contributed by atoms with van der Waals surface area (Å²) in [4.78, 5) is 0. The third-order valence-corrected chi connectivity index (χ3v) is 1.91. The van der Waals surface area contributed by atoms with Crippen LogP contribution in [0, 0.1) is 11.8 Å². The van der Waals surface area contributed by atoms with Crippen molar-refractivity contribution in [2.24, 2.45) is 11.8 Å². The maximum Gasteiger partial charge on any atom is 0.0647 e. The minimum Gasteiger partial charge on any atom is -0.396 e. The van der Waals surface area contributed by atoms with Crippen molar-refractivity contribution >= 4 is 0 Å². The molecule has 66 valence electrons. The second-order valence-corrected chi connectivity index (χ2v) is 3.04. The molecule has 3 atom stereocenters. The predicted octanol–water partition coefficient (Wildman–Crippen LogP) is 1.19. The van der Waals surface area contributed by atoms with Crippen LogP contribution in [0.15, 0.2) is 12.2 Å². The number of rotatable bonds is 4. The largest absolute Gasteiger partial charge is 0.396 e. The molecule has 0 saturated heterocycles. The molecule has 0 aliphatic heterocycles. The van der Waals surface area contributed by atoms with Gasteiger partial charge in [0.2, 0.25) is 0 Å². The molecule has 0 aromatic carbocycles. The van der Waals surface area contributed by atoms with Crippen LogP contribution in [-0.4, -0.2) is 22.9 Å². The Balaban J connectivity index is 3.90. The van der Waals surface area contributed by atoms with Crippen molar-refractivity contribution < 1.29 is 10.2 Å². The molecule has 0 bridgehead atoms. The van der Waals surface area contributed by atoms with Gasteiger partial charge in [-0.05, 0) is 6.92 Å². The summed E-state index contributed by atoms with van der Waals surface area (Å²) in [6.45, 7) is 5.75. The molecular weight excluding hydrogens is 140 g/mol. The molecule has 0 aliphatic carbocycles. The normalized spacial score (nSPS) is 20.1. The van der Waals surface area contributed by atoms with E-state index in [1.807, 2.05) is 32.9 Å². The van der Waals surface area contributed by atoms with Crippen LogP contribution >= 0.6 is 0 Å². The first-order valence-corrected chi connectivity index (χ1v) is 4.05. The zero-order chi connectivity index (χ0) is 8.85. The topological polar surface area (TPSA) is 40.5 Å². The average Bonchev–Trinajstić information content (AvgIpc) is 2.02. The van der Waals surface area contributed by atoms with Crippen molar-refractivity contribution in [2.75, 3.05) is 6.61 Å². The van der Waals surface area contributed by atoms with Gasteiger partial charge in [0.25, 0.3) is 0 Å². The summed E-state index contributed by atoms with van der Waals surface area (Å²) >= 11 is 0. The third kappa shape index (κ3) is 3.54. The van der Waals surface area contributed by atoms with Gasteiger partial charge in [0, 0.05) is 18.4 Å². The second-order valence-electron chi connectivity index (χ2n) is 3.04. The Hall–Kier alpha value is -0.340.